The van der Waals surface area contributed by atoms with Gasteiger partial charge < -0.3 is 19.7 Å². The molecule has 3 rings (SSSR count). The highest BCUT2D eigenvalue weighted by Crippen LogP contribution is 2.34. The van der Waals surface area contributed by atoms with Gasteiger partial charge in [-0.05, 0) is 48.2 Å². The van der Waals surface area contributed by atoms with Gasteiger partial charge >= 0.3 is 0 Å². The van der Waals surface area contributed by atoms with E-state index in [2.05, 4.69) is 28.2 Å². The van der Waals surface area contributed by atoms with E-state index in [1.807, 2.05) is 12.1 Å². The van der Waals surface area contributed by atoms with E-state index in [0.717, 1.165) is 49.7 Å². The van der Waals surface area contributed by atoms with Gasteiger partial charge in [0.05, 0.1) is 14.2 Å². The monoisotopic (exact) mass is 369 g/mol. The quantitative estimate of drug-likeness (QED) is 0.760. The predicted octanol–water partition coefficient (Wildman–Crippen LogP) is 3.19. The minimum atomic E-state index is -0.0454. The third-order valence-electron chi connectivity index (χ3n) is 4.87. The van der Waals surface area contributed by atoms with Crippen LogP contribution in [-0.2, 0) is 13.0 Å². The predicted molar refractivity (Wildman–Crippen MR) is 106 cm³/mol. The summed E-state index contributed by atoms with van der Waals surface area (Å²) in [6.07, 6.45) is 4.64. The van der Waals surface area contributed by atoms with Crippen molar-refractivity contribution < 1.29 is 14.3 Å². The zero-order valence-corrected chi connectivity index (χ0v) is 16.2. The van der Waals surface area contributed by atoms with Crippen LogP contribution < -0.4 is 19.7 Å². The number of carbonyl (C=O) groups is 1. The molecule has 1 aliphatic heterocycles. The number of nitrogens with zero attached hydrogens (tertiary/aromatic N) is 2. The summed E-state index contributed by atoms with van der Waals surface area (Å²) in [6.45, 7) is 4.38. The number of methoxy groups -OCH3 is 2. The number of nitrogens with one attached hydrogen (secondary N) is 1. The number of anilines is 1. The Bertz CT molecular complexity index is 807. The van der Waals surface area contributed by atoms with Gasteiger partial charge in [0, 0.05) is 31.4 Å². The molecule has 2 aromatic rings. The SMILES string of the molecule is CCCCNC(=O)c1ccnc(N2CCc3cc(OC)c(OC)cc3C2)c1. The number of unbranched alkanes of at least 4 members (excludes halogenated alkanes) is 1. The van der Waals surface area contributed by atoms with Gasteiger partial charge in [-0.3, -0.25) is 4.79 Å². The van der Waals surface area contributed by atoms with E-state index in [9.17, 15) is 4.79 Å². The average molecular weight is 369 g/mol. The molecule has 2 heterocycles. The van der Waals surface area contributed by atoms with Gasteiger partial charge in [0.25, 0.3) is 5.91 Å². The van der Waals surface area contributed by atoms with Crippen LogP contribution in [-0.4, -0.2) is 38.2 Å². The minimum absolute atomic E-state index is 0.0454. The second-order valence-electron chi connectivity index (χ2n) is 6.66. The Balaban J connectivity index is 1.77. The maximum absolute atomic E-state index is 12.3. The Hall–Kier alpha value is -2.76. The molecule has 1 aromatic carbocycles. The van der Waals surface area contributed by atoms with Gasteiger partial charge in [-0.15, -0.1) is 0 Å². The van der Waals surface area contributed by atoms with Crippen LogP contribution in [0.15, 0.2) is 30.5 Å². The molecule has 6 heteroatoms. The lowest BCUT2D eigenvalue weighted by Crippen LogP contribution is -2.31. The number of hydrogen-bond acceptors (Lipinski definition) is 5. The molecule has 0 saturated heterocycles. The maximum atomic E-state index is 12.3. The molecule has 6 nitrogen and oxygen atoms in total. The Morgan fingerprint density at radius 2 is 1.93 bits per heavy atom. The van der Waals surface area contributed by atoms with Crippen molar-refractivity contribution in [2.24, 2.45) is 0 Å². The van der Waals surface area contributed by atoms with Crippen molar-refractivity contribution in [1.29, 1.82) is 0 Å². The van der Waals surface area contributed by atoms with Gasteiger partial charge in [-0.25, -0.2) is 4.98 Å². The molecule has 0 saturated carbocycles. The van der Waals surface area contributed by atoms with Crippen molar-refractivity contribution in [2.75, 3.05) is 32.2 Å². The van der Waals surface area contributed by atoms with Gasteiger partial charge in [-0.2, -0.15) is 0 Å². The summed E-state index contributed by atoms with van der Waals surface area (Å²) in [5, 5.41) is 2.96. The minimum Gasteiger partial charge on any atom is -0.493 e. The summed E-state index contributed by atoms with van der Waals surface area (Å²) in [7, 11) is 3.30. The van der Waals surface area contributed by atoms with Gasteiger partial charge in [-0.1, -0.05) is 13.3 Å². The van der Waals surface area contributed by atoms with E-state index in [-0.39, 0.29) is 5.91 Å². The molecule has 1 aliphatic rings. The number of pyridine rings is 1. The summed E-state index contributed by atoms with van der Waals surface area (Å²) in [6, 6.07) is 7.71. The highest BCUT2D eigenvalue weighted by atomic mass is 16.5. The fourth-order valence-electron chi connectivity index (χ4n) is 3.29. The third-order valence-corrected chi connectivity index (χ3v) is 4.87. The smallest absolute Gasteiger partial charge is 0.251 e. The highest BCUT2D eigenvalue weighted by Gasteiger charge is 2.21. The summed E-state index contributed by atoms with van der Waals surface area (Å²) in [4.78, 5) is 19.0. The van der Waals surface area contributed by atoms with Crippen LogP contribution in [0, 0.1) is 0 Å². The number of benzene rings is 1. The highest BCUT2D eigenvalue weighted by molar-refractivity contribution is 5.94. The van der Waals surface area contributed by atoms with E-state index in [1.54, 1.807) is 26.5 Å². The molecule has 0 unspecified atom stereocenters. The molecule has 27 heavy (non-hydrogen) atoms. The van der Waals surface area contributed by atoms with E-state index in [0.29, 0.717) is 12.1 Å². The molecule has 0 spiro atoms. The zero-order chi connectivity index (χ0) is 19.2. The molecule has 0 fully saturated rings. The topological polar surface area (TPSA) is 63.7 Å². The number of ether oxygens (including phenoxy) is 2. The molecule has 1 N–H and O–H groups in total. The molecule has 0 bridgehead atoms. The second kappa shape index (κ2) is 8.75. The van der Waals surface area contributed by atoms with Crippen LogP contribution in [0.25, 0.3) is 0 Å². The van der Waals surface area contributed by atoms with Crippen molar-refractivity contribution in [1.82, 2.24) is 10.3 Å². The number of carbonyl (C=O) groups excluding carboxylic acids is 1. The molecule has 0 aliphatic carbocycles. The Morgan fingerprint density at radius 1 is 1.19 bits per heavy atom. The third kappa shape index (κ3) is 4.32. The Labute approximate surface area is 160 Å². The fourth-order valence-corrected chi connectivity index (χ4v) is 3.29. The molecular weight excluding hydrogens is 342 g/mol. The molecule has 0 radical (unpaired) electrons. The first kappa shape index (κ1) is 19.0. The number of rotatable bonds is 7. The summed E-state index contributed by atoms with van der Waals surface area (Å²) < 4.78 is 10.8. The number of aromatic nitrogens is 1. The Kier molecular flexibility index (Phi) is 6.16. The standard InChI is InChI=1S/C21H27N3O3/c1-4-5-8-23-21(25)16-6-9-22-20(13-16)24-10-7-15-11-18(26-2)19(27-3)12-17(15)14-24/h6,9,11-13H,4-5,7-8,10,14H2,1-3H3,(H,23,25). The molecule has 1 amide bonds. The van der Waals surface area contributed by atoms with Crippen LogP contribution in [0.5, 0.6) is 11.5 Å². The summed E-state index contributed by atoms with van der Waals surface area (Å²) in [5.41, 5.74) is 3.10. The van der Waals surface area contributed by atoms with Crippen molar-refractivity contribution in [3.63, 3.8) is 0 Å². The van der Waals surface area contributed by atoms with Crippen molar-refractivity contribution in [2.45, 2.75) is 32.7 Å². The normalized spacial score (nSPS) is 13.1. The zero-order valence-electron chi connectivity index (χ0n) is 16.2. The lowest BCUT2D eigenvalue weighted by atomic mass is 9.98. The first-order chi connectivity index (χ1) is 13.2. The van der Waals surface area contributed by atoms with Crippen LogP contribution in [0.3, 0.4) is 0 Å². The second-order valence-corrected chi connectivity index (χ2v) is 6.66. The summed E-state index contributed by atoms with van der Waals surface area (Å²) >= 11 is 0. The number of fused-ring (bicyclic) bond motifs is 1. The molecule has 144 valence electrons. The largest absolute Gasteiger partial charge is 0.493 e. The van der Waals surface area contributed by atoms with Crippen LogP contribution in [0.4, 0.5) is 5.82 Å². The van der Waals surface area contributed by atoms with E-state index >= 15 is 0 Å². The van der Waals surface area contributed by atoms with Crippen LogP contribution >= 0.6 is 0 Å². The van der Waals surface area contributed by atoms with Crippen LogP contribution in [0.1, 0.15) is 41.3 Å². The van der Waals surface area contributed by atoms with E-state index in [1.165, 1.54) is 11.1 Å². The summed E-state index contributed by atoms with van der Waals surface area (Å²) in [5.74, 6) is 2.26. The van der Waals surface area contributed by atoms with Crippen LogP contribution in [0.2, 0.25) is 0 Å². The van der Waals surface area contributed by atoms with Gasteiger partial charge in [0.15, 0.2) is 11.5 Å². The number of amides is 1. The lowest BCUT2D eigenvalue weighted by molar-refractivity contribution is 0.0953. The van der Waals surface area contributed by atoms with Gasteiger partial charge in [0.2, 0.25) is 0 Å². The molecular formula is C21H27N3O3. The fraction of sp³-hybridized carbons (Fsp3) is 0.429. The molecule has 0 atom stereocenters. The van der Waals surface area contributed by atoms with Gasteiger partial charge in [0.1, 0.15) is 5.82 Å². The average Bonchev–Trinajstić information content (AvgIpc) is 2.72. The number of hydrogen-bond donors (Lipinski definition) is 1. The first-order valence-corrected chi connectivity index (χ1v) is 9.39. The van der Waals surface area contributed by atoms with Crippen molar-refractivity contribution in [3.8, 4) is 11.5 Å². The lowest BCUT2D eigenvalue weighted by Gasteiger charge is -2.30. The molecule has 1 aromatic heterocycles. The van der Waals surface area contributed by atoms with Crippen molar-refractivity contribution >= 4 is 11.7 Å². The van der Waals surface area contributed by atoms with Crippen molar-refractivity contribution in [3.05, 3.63) is 47.2 Å². The maximum Gasteiger partial charge on any atom is 0.251 e. The first-order valence-electron chi connectivity index (χ1n) is 9.39. The Morgan fingerprint density at radius 3 is 2.63 bits per heavy atom. The van der Waals surface area contributed by atoms with E-state index < -0.39 is 0 Å². The van der Waals surface area contributed by atoms with E-state index in [4.69, 9.17) is 9.47 Å².